The van der Waals surface area contributed by atoms with Crippen molar-refractivity contribution in [3.05, 3.63) is 28.3 Å². The summed E-state index contributed by atoms with van der Waals surface area (Å²) >= 11 is 0.914. The van der Waals surface area contributed by atoms with Gasteiger partial charge >= 0.3 is 12.1 Å². The van der Waals surface area contributed by atoms with E-state index in [1.807, 2.05) is 0 Å². The van der Waals surface area contributed by atoms with E-state index in [9.17, 15) is 22.8 Å². The van der Waals surface area contributed by atoms with Gasteiger partial charge in [0.15, 0.2) is 0 Å². The van der Waals surface area contributed by atoms with Gasteiger partial charge in [-0.25, -0.2) is 4.98 Å². The van der Waals surface area contributed by atoms with Crippen LogP contribution < -0.4 is 5.32 Å². The van der Waals surface area contributed by atoms with Crippen molar-refractivity contribution >= 4 is 33.4 Å². The van der Waals surface area contributed by atoms with Crippen molar-refractivity contribution in [1.29, 1.82) is 0 Å². The number of carbonyl (C=O) groups excluding carboxylic acids is 1. The number of fused-ring (bicyclic) bond motifs is 1. The summed E-state index contributed by atoms with van der Waals surface area (Å²) < 4.78 is 38.1. The van der Waals surface area contributed by atoms with Gasteiger partial charge in [-0.1, -0.05) is 0 Å². The molecule has 2 heterocycles. The first-order chi connectivity index (χ1) is 11.2. The van der Waals surface area contributed by atoms with Crippen LogP contribution >= 0.6 is 11.3 Å². The van der Waals surface area contributed by atoms with Crippen molar-refractivity contribution in [2.24, 2.45) is 0 Å². The van der Waals surface area contributed by atoms with Gasteiger partial charge in [-0.3, -0.25) is 9.59 Å². The third kappa shape index (κ3) is 4.22. The molecule has 130 valence electrons. The zero-order chi connectivity index (χ0) is 17.9. The Bertz CT molecular complexity index is 771. The van der Waals surface area contributed by atoms with Gasteiger partial charge in [0.05, 0.1) is 4.88 Å². The number of carboxylic acids is 1. The summed E-state index contributed by atoms with van der Waals surface area (Å²) in [6, 6.07) is 2.22. The molecule has 0 atom stereocenters. The maximum absolute atomic E-state index is 12.7. The maximum Gasteiger partial charge on any atom is 0.433 e. The van der Waals surface area contributed by atoms with Gasteiger partial charge in [-0.15, -0.1) is 11.3 Å². The standard InChI is InChI=1S/C15H15F3N2O3S/c1-8-9-5-6-10(15(16,17)18)20-14(9)24-12(8)13(23)19-7-3-2-4-11(21)22/h5-6H,2-4,7H2,1H3,(H,19,23)(H,21,22). The van der Waals surface area contributed by atoms with Crippen LogP contribution in [0.25, 0.3) is 10.2 Å². The van der Waals surface area contributed by atoms with Crippen LogP contribution in [-0.4, -0.2) is 28.5 Å². The predicted molar refractivity (Wildman–Crippen MR) is 83.2 cm³/mol. The topological polar surface area (TPSA) is 79.3 Å². The number of aliphatic carboxylic acids is 1. The number of carbonyl (C=O) groups is 2. The van der Waals surface area contributed by atoms with E-state index < -0.39 is 17.8 Å². The molecule has 0 saturated carbocycles. The average molecular weight is 360 g/mol. The molecule has 0 unspecified atom stereocenters. The van der Waals surface area contributed by atoms with E-state index in [2.05, 4.69) is 10.3 Å². The number of hydrogen-bond acceptors (Lipinski definition) is 4. The van der Waals surface area contributed by atoms with Crippen molar-refractivity contribution in [3.63, 3.8) is 0 Å². The molecule has 5 nitrogen and oxygen atoms in total. The highest BCUT2D eigenvalue weighted by molar-refractivity contribution is 7.20. The number of carboxylic acid groups (broad SMARTS) is 1. The molecular formula is C15H15F3N2O3S. The van der Waals surface area contributed by atoms with Crippen molar-refractivity contribution in [1.82, 2.24) is 10.3 Å². The van der Waals surface area contributed by atoms with Gasteiger partial charge in [-0.05, 0) is 37.5 Å². The molecule has 0 aromatic carbocycles. The number of pyridine rings is 1. The molecule has 0 aliphatic heterocycles. The summed E-state index contributed by atoms with van der Waals surface area (Å²) in [6.07, 6.45) is -3.55. The quantitative estimate of drug-likeness (QED) is 0.772. The van der Waals surface area contributed by atoms with E-state index >= 15 is 0 Å². The minimum absolute atomic E-state index is 0.0297. The van der Waals surface area contributed by atoms with Crippen LogP contribution in [0.3, 0.4) is 0 Å². The molecule has 9 heteroatoms. The first-order valence-corrected chi connectivity index (χ1v) is 7.99. The van der Waals surface area contributed by atoms with E-state index in [1.54, 1.807) is 6.92 Å². The second-order valence-corrected chi connectivity index (χ2v) is 6.21. The van der Waals surface area contributed by atoms with E-state index in [4.69, 9.17) is 5.11 Å². The molecule has 0 aliphatic rings. The summed E-state index contributed by atoms with van der Waals surface area (Å²) in [4.78, 5) is 26.6. The number of hydrogen-bond donors (Lipinski definition) is 2. The van der Waals surface area contributed by atoms with Crippen molar-refractivity contribution in [2.75, 3.05) is 6.54 Å². The normalized spacial score (nSPS) is 11.7. The minimum Gasteiger partial charge on any atom is -0.481 e. The zero-order valence-corrected chi connectivity index (χ0v) is 13.6. The lowest BCUT2D eigenvalue weighted by molar-refractivity contribution is -0.141. The number of alkyl halides is 3. The Morgan fingerprint density at radius 1 is 1.29 bits per heavy atom. The number of unbranched alkanes of at least 4 members (excludes halogenated alkanes) is 1. The van der Waals surface area contributed by atoms with E-state index in [-0.39, 0.29) is 17.2 Å². The van der Waals surface area contributed by atoms with Crippen LogP contribution in [-0.2, 0) is 11.0 Å². The van der Waals surface area contributed by atoms with Crippen LogP contribution in [0.4, 0.5) is 13.2 Å². The predicted octanol–water partition coefficient (Wildman–Crippen LogP) is 3.61. The van der Waals surface area contributed by atoms with Gasteiger partial charge in [0.2, 0.25) is 0 Å². The minimum atomic E-state index is -4.53. The lowest BCUT2D eigenvalue weighted by atomic mass is 10.1. The molecule has 1 amide bonds. The fourth-order valence-corrected chi connectivity index (χ4v) is 3.25. The highest BCUT2D eigenvalue weighted by Gasteiger charge is 2.33. The maximum atomic E-state index is 12.7. The van der Waals surface area contributed by atoms with Crippen LogP contribution in [0.2, 0.25) is 0 Å². The molecule has 2 aromatic heterocycles. The third-order valence-corrected chi connectivity index (χ3v) is 4.60. The summed E-state index contributed by atoms with van der Waals surface area (Å²) in [5, 5.41) is 11.7. The molecule has 24 heavy (non-hydrogen) atoms. The first-order valence-electron chi connectivity index (χ1n) is 7.17. The zero-order valence-electron chi connectivity index (χ0n) is 12.7. The van der Waals surface area contributed by atoms with E-state index in [1.165, 1.54) is 6.07 Å². The SMILES string of the molecule is Cc1c(C(=O)NCCCCC(=O)O)sc2nc(C(F)(F)F)ccc12. The first kappa shape index (κ1) is 18.2. The van der Waals surface area contributed by atoms with Crippen molar-refractivity contribution in [3.8, 4) is 0 Å². The molecule has 0 bridgehead atoms. The Labute approximate surface area is 139 Å². The number of amides is 1. The van der Waals surface area contributed by atoms with Gasteiger partial charge < -0.3 is 10.4 Å². The number of nitrogens with one attached hydrogen (secondary N) is 1. The fourth-order valence-electron chi connectivity index (χ4n) is 2.16. The van der Waals surface area contributed by atoms with E-state index in [0.717, 1.165) is 17.4 Å². The monoisotopic (exact) mass is 360 g/mol. The molecule has 0 fully saturated rings. The van der Waals surface area contributed by atoms with E-state index in [0.29, 0.717) is 35.2 Å². The van der Waals surface area contributed by atoms with Gasteiger partial charge in [0.25, 0.3) is 5.91 Å². The molecule has 0 radical (unpaired) electrons. The highest BCUT2D eigenvalue weighted by atomic mass is 32.1. The smallest absolute Gasteiger partial charge is 0.433 e. The fraction of sp³-hybridized carbons (Fsp3) is 0.400. The molecule has 0 spiro atoms. The van der Waals surface area contributed by atoms with Crippen LogP contribution in [0, 0.1) is 6.92 Å². The van der Waals surface area contributed by atoms with Gasteiger partial charge in [0.1, 0.15) is 10.5 Å². The van der Waals surface area contributed by atoms with Crippen LogP contribution in [0.5, 0.6) is 0 Å². The number of rotatable bonds is 6. The molecule has 0 saturated heterocycles. The average Bonchev–Trinajstić information content (AvgIpc) is 2.82. The second-order valence-electron chi connectivity index (χ2n) is 5.21. The van der Waals surface area contributed by atoms with Gasteiger partial charge in [0, 0.05) is 18.4 Å². The number of aryl methyl sites for hydroxylation is 1. The number of nitrogens with zero attached hydrogens (tertiary/aromatic N) is 1. The molecule has 2 rings (SSSR count). The van der Waals surface area contributed by atoms with Crippen molar-refractivity contribution < 1.29 is 27.9 Å². The van der Waals surface area contributed by atoms with Crippen LogP contribution in [0.15, 0.2) is 12.1 Å². The molecule has 0 aliphatic carbocycles. The summed E-state index contributed by atoms with van der Waals surface area (Å²) in [5.74, 6) is -1.28. The number of halogens is 3. The largest absolute Gasteiger partial charge is 0.481 e. The van der Waals surface area contributed by atoms with Gasteiger partial charge in [-0.2, -0.15) is 13.2 Å². The Morgan fingerprint density at radius 3 is 2.62 bits per heavy atom. The molecule has 2 aromatic rings. The Balaban J connectivity index is 2.10. The summed E-state index contributed by atoms with van der Waals surface area (Å²) in [6.45, 7) is 1.97. The summed E-state index contributed by atoms with van der Waals surface area (Å²) in [5.41, 5.74) is -0.406. The highest BCUT2D eigenvalue weighted by Crippen LogP contribution is 2.34. The van der Waals surface area contributed by atoms with Crippen molar-refractivity contribution in [2.45, 2.75) is 32.4 Å². The molecular weight excluding hydrogens is 345 g/mol. The number of thiophene rings is 1. The second kappa shape index (κ2) is 7.16. The lowest BCUT2D eigenvalue weighted by Crippen LogP contribution is -2.24. The third-order valence-electron chi connectivity index (χ3n) is 3.40. The molecule has 2 N–H and O–H groups in total. The Morgan fingerprint density at radius 2 is 2.00 bits per heavy atom. The Kier molecular flexibility index (Phi) is 5.43. The van der Waals surface area contributed by atoms with Crippen LogP contribution in [0.1, 0.15) is 40.2 Å². The number of aromatic nitrogens is 1. The summed E-state index contributed by atoms with van der Waals surface area (Å²) in [7, 11) is 0. The lowest BCUT2D eigenvalue weighted by Gasteiger charge is -2.04. The Hall–Kier alpha value is -2.16.